The maximum atomic E-state index is 14.1. The van der Waals surface area contributed by atoms with Gasteiger partial charge in [0.05, 0.1) is 6.10 Å². The van der Waals surface area contributed by atoms with Crippen LogP contribution < -0.4 is 5.46 Å². The van der Waals surface area contributed by atoms with Crippen molar-refractivity contribution in [2.45, 2.75) is 45.1 Å². The lowest BCUT2D eigenvalue weighted by Crippen LogP contribution is -2.33. The van der Waals surface area contributed by atoms with Crippen molar-refractivity contribution in [1.82, 2.24) is 0 Å². The Bertz CT molecular complexity index is 561. The molecule has 0 amide bonds. The van der Waals surface area contributed by atoms with E-state index in [0.29, 0.717) is 18.4 Å². The number of aliphatic hydroxyl groups is 1. The van der Waals surface area contributed by atoms with E-state index in [1.54, 1.807) is 0 Å². The molecule has 0 aromatic heterocycles. The van der Waals surface area contributed by atoms with Gasteiger partial charge in [-0.3, -0.25) is 0 Å². The Morgan fingerprint density at radius 2 is 2.00 bits per heavy atom. The molecule has 0 radical (unpaired) electrons. The van der Waals surface area contributed by atoms with Crippen molar-refractivity contribution in [1.29, 1.82) is 0 Å². The molecule has 2 atom stereocenters. The van der Waals surface area contributed by atoms with Crippen LogP contribution in [0.15, 0.2) is 18.2 Å². The molecule has 3 nitrogen and oxygen atoms in total. The SMILES string of the molecule is CCCC(O)C1CC=C(c2ccc(B(O)O)c(F)c2F)CC1. The Hall–Kier alpha value is -1.24. The zero-order chi connectivity index (χ0) is 16.3. The van der Waals surface area contributed by atoms with Gasteiger partial charge < -0.3 is 15.2 Å². The molecule has 0 saturated heterocycles. The average Bonchev–Trinajstić information content (AvgIpc) is 2.50. The van der Waals surface area contributed by atoms with Gasteiger partial charge in [-0.2, -0.15) is 0 Å². The fourth-order valence-corrected chi connectivity index (χ4v) is 2.99. The number of benzene rings is 1. The summed E-state index contributed by atoms with van der Waals surface area (Å²) < 4.78 is 27.9. The third-order valence-electron chi connectivity index (χ3n) is 4.32. The summed E-state index contributed by atoms with van der Waals surface area (Å²) in [6.07, 6.45) is 5.11. The van der Waals surface area contributed by atoms with E-state index < -0.39 is 24.2 Å². The molecule has 2 unspecified atom stereocenters. The first-order valence-corrected chi connectivity index (χ1v) is 7.67. The summed E-state index contributed by atoms with van der Waals surface area (Å²) in [5, 5.41) is 28.0. The van der Waals surface area contributed by atoms with E-state index in [-0.39, 0.29) is 17.6 Å². The Morgan fingerprint density at radius 1 is 1.27 bits per heavy atom. The molecule has 1 aliphatic rings. The zero-order valence-corrected chi connectivity index (χ0v) is 12.6. The van der Waals surface area contributed by atoms with Gasteiger partial charge in [-0.25, -0.2) is 8.78 Å². The molecular weight excluding hydrogens is 289 g/mol. The number of hydrogen-bond donors (Lipinski definition) is 3. The zero-order valence-electron chi connectivity index (χ0n) is 12.6. The molecule has 1 aliphatic carbocycles. The summed E-state index contributed by atoms with van der Waals surface area (Å²) in [5.41, 5.74) is 0.398. The lowest BCUT2D eigenvalue weighted by molar-refractivity contribution is 0.0934. The molecular formula is C16H21BF2O3. The number of rotatable bonds is 5. The van der Waals surface area contributed by atoms with Crippen molar-refractivity contribution < 1.29 is 23.9 Å². The quantitative estimate of drug-likeness (QED) is 0.729. The summed E-state index contributed by atoms with van der Waals surface area (Å²) in [6, 6.07) is 2.57. The van der Waals surface area contributed by atoms with E-state index in [4.69, 9.17) is 10.0 Å². The van der Waals surface area contributed by atoms with Crippen molar-refractivity contribution in [2.75, 3.05) is 0 Å². The minimum absolute atomic E-state index is 0.158. The predicted octanol–water partition coefficient (Wildman–Crippen LogP) is 1.99. The Kier molecular flexibility index (Phi) is 5.72. The second-order valence-corrected chi connectivity index (χ2v) is 5.82. The lowest BCUT2D eigenvalue weighted by atomic mass is 9.77. The normalized spacial score (nSPS) is 19.7. The third kappa shape index (κ3) is 3.56. The highest BCUT2D eigenvalue weighted by Gasteiger charge is 2.26. The van der Waals surface area contributed by atoms with Crippen LogP contribution in [-0.2, 0) is 0 Å². The molecule has 0 spiro atoms. The molecule has 0 bridgehead atoms. The molecule has 22 heavy (non-hydrogen) atoms. The smallest absolute Gasteiger partial charge is 0.423 e. The first kappa shape index (κ1) is 17.1. The van der Waals surface area contributed by atoms with Gasteiger partial charge in [0.2, 0.25) is 0 Å². The van der Waals surface area contributed by atoms with Crippen molar-refractivity contribution >= 4 is 18.2 Å². The molecule has 0 saturated carbocycles. The number of halogens is 2. The van der Waals surface area contributed by atoms with E-state index in [9.17, 15) is 13.9 Å². The average molecular weight is 310 g/mol. The van der Waals surface area contributed by atoms with Crippen molar-refractivity contribution in [3.8, 4) is 0 Å². The monoisotopic (exact) mass is 310 g/mol. The fourth-order valence-electron chi connectivity index (χ4n) is 2.99. The highest BCUT2D eigenvalue weighted by molar-refractivity contribution is 6.58. The van der Waals surface area contributed by atoms with Crippen LogP contribution in [0, 0.1) is 17.6 Å². The van der Waals surface area contributed by atoms with Crippen LogP contribution in [0.4, 0.5) is 8.78 Å². The molecule has 0 heterocycles. The summed E-state index contributed by atoms with van der Waals surface area (Å²) in [7, 11) is -2.03. The third-order valence-corrected chi connectivity index (χ3v) is 4.32. The fraction of sp³-hybridized carbons (Fsp3) is 0.500. The largest absolute Gasteiger partial charge is 0.491 e. The second kappa shape index (κ2) is 7.35. The minimum atomic E-state index is -2.03. The molecule has 2 rings (SSSR count). The number of hydrogen-bond acceptors (Lipinski definition) is 3. The molecule has 3 N–H and O–H groups in total. The van der Waals surface area contributed by atoms with Crippen LogP contribution in [0.2, 0.25) is 0 Å². The number of aliphatic hydroxyl groups excluding tert-OH is 1. The highest BCUT2D eigenvalue weighted by atomic mass is 19.2. The van der Waals surface area contributed by atoms with Gasteiger partial charge in [-0.15, -0.1) is 0 Å². The van der Waals surface area contributed by atoms with Crippen LogP contribution in [0.25, 0.3) is 5.57 Å². The molecule has 0 aliphatic heterocycles. The first-order chi connectivity index (χ1) is 10.5. The van der Waals surface area contributed by atoms with Gasteiger partial charge in [0.1, 0.15) is 0 Å². The topological polar surface area (TPSA) is 60.7 Å². The van der Waals surface area contributed by atoms with Crippen molar-refractivity contribution in [3.05, 3.63) is 35.4 Å². The van der Waals surface area contributed by atoms with Gasteiger partial charge in [0.15, 0.2) is 11.6 Å². The van der Waals surface area contributed by atoms with Gasteiger partial charge in [-0.05, 0) is 37.2 Å². The lowest BCUT2D eigenvalue weighted by Gasteiger charge is -2.26. The maximum absolute atomic E-state index is 14.1. The molecule has 6 heteroatoms. The summed E-state index contributed by atoms with van der Waals surface area (Å²) in [6.45, 7) is 2.02. The van der Waals surface area contributed by atoms with Gasteiger partial charge >= 0.3 is 7.12 Å². The van der Waals surface area contributed by atoms with Crippen LogP contribution in [0.1, 0.15) is 44.6 Å². The Morgan fingerprint density at radius 3 is 2.55 bits per heavy atom. The van der Waals surface area contributed by atoms with E-state index in [1.807, 2.05) is 13.0 Å². The van der Waals surface area contributed by atoms with Crippen molar-refractivity contribution in [3.63, 3.8) is 0 Å². The number of allylic oxidation sites excluding steroid dienone is 2. The van der Waals surface area contributed by atoms with E-state index in [1.165, 1.54) is 12.1 Å². The highest BCUT2D eigenvalue weighted by Crippen LogP contribution is 2.34. The van der Waals surface area contributed by atoms with Crippen LogP contribution >= 0.6 is 0 Å². The first-order valence-electron chi connectivity index (χ1n) is 7.67. The minimum Gasteiger partial charge on any atom is -0.423 e. The molecule has 1 aromatic rings. The standard InChI is InChI=1S/C16H21BF2O3/c1-2-3-14(20)11-6-4-10(5-7-11)12-8-9-13(17(21)22)16(19)15(12)18/h4,8-9,11,14,20-22H,2-3,5-7H2,1H3. The van der Waals surface area contributed by atoms with Crippen LogP contribution in [0.3, 0.4) is 0 Å². The summed E-state index contributed by atoms with van der Waals surface area (Å²) in [4.78, 5) is 0. The predicted molar refractivity (Wildman–Crippen MR) is 82.4 cm³/mol. The van der Waals surface area contributed by atoms with Crippen molar-refractivity contribution in [2.24, 2.45) is 5.92 Å². The maximum Gasteiger partial charge on any atom is 0.491 e. The molecule has 0 fully saturated rings. The van der Waals surface area contributed by atoms with E-state index >= 15 is 0 Å². The molecule has 120 valence electrons. The summed E-state index contributed by atoms with van der Waals surface area (Å²) >= 11 is 0. The van der Waals surface area contributed by atoms with Crippen LogP contribution in [-0.4, -0.2) is 28.4 Å². The molecule has 1 aromatic carbocycles. The second-order valence-electron chi connectivity index (χ2n) is 5.82. The van der Waals surface area contributed by atoms with Gasteiger partial charge in [0.25, 0.3) is 0 Å². The van der Waals surface area contributed by atoms with E-state index in [2.05, 4.69) is 0 Å². The van der Waals surface area contributed by atoms with Crippen LogP contribution in [0.5, 0.6) is 0 Å². The van der Waals surface area contributed by atoms with Gasteiger partial charge in [0, 0.05) is 11.0 Å². The summed E-state index contributed by atoms with van der Waals surface area (Å²) in [5.74, 6) is -2.11. The van der Waals surface area contributed by atoms with E-state index in [0.717, 1.165) is 19.3 Å². The van der Waals surface area contributed by atoms with Gasteiger partial charge in [-0.1, -0.05) is 31.6 Å². The Labute approximate surface area is 129 Å². The Balaban J connectivity index is 2.19.